The molecule has 35 heavy (non-hydrogen) atoms. The van der Waals surface area contributed by atoms with Crippen LogP contribution in [0.3, 0.4) is 0 Å². The van der Waals surface area contributed by atoms with Gasteiger partial charge in [-0.25, -0.2) is 0 Å². The predicted octanol–water partition coefficient (Wildman–Crippen LogP) is 3.77. The second-order valence-corrected chi connectivity index (χ2v) is 10.1. The maximum atomic E-state index is 13.1. The number of hydrogen-bond acceptors (Lipinski definition) is 6. The highest BCUT2D eigenvalue weighted by Gasteiger charge is 2.35. The third kappa shape index (κ3) is 5.57. The zero-order chi connectivity index (χ0) is 24.4. The third-order valence-corrected chi connectivity index (χ3v) is 7.47. The summed E-state index contributed by atoms with van der Waals surface area (Å²) in [7, 11) is 5.92. The van der Waals surface area contributed by atoms with Gasteiger partial charge in [0.25, 0.3) is 5.91 Å². The van der Waals surface area contributed by atoms with E-state index in [9.17, 15) is 4.79 Å². The molecular weight excluding hydrogens is 442 g/mol. The Labute approximate surface area is 208 Å². The van der Waals surface area contributed by atoms with Crippen LogP contribution in [0.5, 0.6) is 17.2 Å². The average molecular weight is 480 g/mol. The molecule has 0 radical (unpaired) electrons. The van der Waals surface area contributed by atoms with E-state index < -0.39 is 6.10 Å². The monoisotopic (exact) mass is 479 g/mol. The maximum Gasteiger partial charge on any atom is 0.268 e. The highest BCUT2D eigenvalue weighted by Crippen LogP contribution is 2.40. The van der Waals surface area contributed by atoms with Crippen LogP contribution >= 0.6 is 0 Å². The van der Waals surface area contributed by atoms with Gasteiger partial charge in [0.15, 0.2) is 17.6 Å². The zero-order valence-electron chi connectivity index (χ0n) is 21.1. The number of ether oxygens (including phenoxy) is 3. The molecule has 2 aromatic rings. The molecule has 2 aliphatic heterocycles. The molecule has 3 aliphatic rings. The van der Waals surface area contributed by atoms with Crippen molar-refractivity contribution in [2.75, 3.05) is 58.9 Å². The van der Waals surface area contributed by atoms with E-state index in [1.807, 2.05) is 30.3 Å². The third-order valence-electron chi connectivity index (χ3n) is 7.47. The summed E-state index contributed by atoms with van der Waals surface area (Å²) in [5, 5.41) is 0. The van der Waals surface area contributed by atoms with Crippen LogP contribution in [-0.2, 0) is 4.79 Å². The van der Waals surface area contributed by atoms with Crippen molar-refractivity contribution in [1.29, 1.82) is 0 Å². The molecule has 5 rings (SSSR count). The number of benzene rings is 2. The molecule has 188 valence electrons. The topological polar surface area (TPSA) is 54.5 Å². The number of amides is 1. The summed E-state index contributed by atoms with van der Waals surface area (Å²) in [5.41, 5.74) is 2.17. The first kappa shape index (κ1) is 23.9. The summed E-state index contributed by atoms with van der Waals surface area (Å²) < 4.78 is 17.7. The fourth-order valence-electron chi connectivity index (χ4n) is 5.08. The SMILES string of the molecule is COc1cc(N2CC[C@H](Oc3ccc(C4CC4)cc3)C2=O)ccc1OCCN1CC[C@@H](N(C)C)C1. The van der Waals surface area contributed by atoms with Gasteiger partial charge >= 0.3 is 0 Å². The van der Waals surface area contributed by atoms with Gasteiger partial charge in [-0.05, 0) is 75.6 Å². The number of anilines is 1. The zero-order valence-corrected chi connectivity index (χ0v) is 21.1. The molecule has 2 aromatic carbocycles. The van der Waals surface area contributed by atoms with Gasteiger partial charge in [-0.15, -0.1) is 0 Å². The van der Waals surface area contributed by atoms with Gasteiger partial charge in [0.1, 0.15) is 12.4 Å². The van der Waals surface area contributed by atoms with E-state index in [0.717, 1.165) is 31.1 Å². The van der Waals surface area contributed by atoms with Crippen molar-refractivity contribution in [3.05, 3.63) is 48.0 Å². The van der Waals surface area contributed by atoms with Gasteiger partial charge in [-0.2, -0.15) is 0 Å². The first-order valence-corrected chi connectivity index (χ1v) is 12.8. The van der Waals surface area contributed by atoms with E-state index >= 15 is 0 Å². The fraction of sp³-hybridized carbons (Fsp3) is 0.536. The second-order valence-electron chi connectivity index (χ2n) is 10.1. The van der Waals surface area contributed by atoms with Crippen molar-refractivity contribution in [3.63, 3.8) is 0 Å². The van der Waals surface area contributed by atoms with Crippen molar-refractivity contribution in [2.24, 2.45) is 0 Å². The number of nitrogens with zero attached hydrogens (tertiary/aromatic N) is 3. The van der Waals surface area contributed by atoms with Gasteiger partial charge in [0.2, 0.25) is 0 Å². The van der Waals surface area contributed by atoms with Crippen LogP contribution in [0, 0.1) is 0 Å². The summed E-state index contributed by atoms with van der Waals surface area (Å²) in [6.07, 6.45) is 3.95. The molecule has 3 fully saturated rings. The highest BCUT2D eigenvalue weighted by atomic mass is 16.5. The Balaban J connectivity index is 1.16. The van der Waals surface area contributed by atoms with Crippen LogP contribution < -0.4 is 19.1 Å². The Bertz CT molecular complexity index is 1020. The Morgan fingerprint density at radius 2 is 1.77 bits per heavy atom. The maximum absolute atomic E-state index is 13.1. The molecule has 0 bridgehead atoms. The summed E-state index contributed by atoms with van der Waals surface area (Å²) >= 11 is 0. The summed E-state index contributed by atoms with van der Waals surface area (Å²) in [6.45, 7) is 4.30. The molecule has 2 saturated heterocycles. The van der Waals surface area contributed by atoms with Crippen LogP contribution in [0.2, 0.25) is 0 Å². The molecule has 7 heteroatoms. The first-order valence-electron chi connectivity index (χ1n) is 12.8. The van der Waals surface area contributed by atoms with Gasteiger partial charge in [0, 0.05) is 43.9 Å². The molecule has 1 saturated carbocycles. The molecule has 1 aliphatic carbocycles. The van der Waals surface area contributed by atoms with Gasteiger partial charge < -0.3 is 24.0 Å². The van der Waals surface area contributed by atoms with Crippen LogP contribution in [-0.4, -0.2) is 81.8 Å². The number of carbonyl (C=O) groups excluding carboxylic acids is 1. The molecule has 0 N–H and O–H groups in total. The van der Waals surface area contributed by atoms with Crippen molar-refractivity contribution in [2.45, 2.75) is 43.7 Å². The first-order chi connectivity index (χ1) is 17.0. The average Bonchev–Trinajstić information content (AvgIpc) is 3.50. The van der Waals surface area contributed by atoms with Crippen molar-refractivity contribution in [1.82, 2.24) is 9.80 Å². The van der Waals surface area contributed by atoms with Crippen molar-refractivity contribution in [3.8, 4) is 17.2 Å². The van der Waals surface area contributed by atoms with Crippen LogP contribution in [0.1, 0.15) is 37.2 Å². The lowest BCUT2D eigenvalue weighted by Crippen LogP contribution is -2.33. The lowest BCUT2D eigenvalue weighted by molar-refractivity contribution is -0.122. The predicted molar refractivity (Wildman–Crippen MR) is 137 cm³/mol. The largest absolute Gasteiger partial charge is 0.493 e. The van der Waals surface area contributed by atoms with E-state index in [4.69, 9.17) is 14.2 Å². The number of carbonyl (C=O) groups is 1. The normalized spacial score (nSPS) is 22.7. The molecule has 0 unspecified atom stereocenters. The minimum absolute atomic E-state index is 0.0172. The Morgan fingerprint density at radius 1 is 0.971 bits per heavy atom. The number of likely N-dealkylation sites (N-methyl/N-ethyl adjacent to an activating group) is 1. The Morgan fingerprint density at radius 3 is 2.46 bits per heavy atom. The molecule has 7 nitrogen and oxygen atoms in total. The fourth-order valence-corrected chi connectivity index (χ4v) is 5.08. The van der Waals surface area contributed by atoms with Crippen LogP contribution in [0.25, 0.3) is 0 Å². The smallest absolute Gasteiger partial charge is 0.268 e. The van der Waals surface area contributed by atoms with E-state index in [0.29, 0.717) is 43.0 Å². The molecule has 2 heterocycles. The minimum atomic E-state index is -0.463. The van der Waals surface area contributed by atoms with E-state index in [-0.39, 0.29) is 5.91 Å². The summed E-state index contributed by atoms with van der Waals surface area (Å²) in [6, 6.07) is 14.6. The number of methoxy groups -OCH3 is 1. The summed E-state index contributed by atoms with van der Waals surface area (Å²) in [4.78, 5) is 19.6. The van der Waals surface area contributed by atoms with Gasteiger partial charge in [-0.3, -0.25) is 9.69 Å². The Hall–Kier alpha value is -2.77. The van der Waals surface area contributed by atoms with Crippen LogP contribution in [0.4, 0.5) is 5.69 Å². The van der Waals surface area contributed by atoms with E-state index in [1.165, 1.54) is 24.8 Å². The van der Waals surface area contributed by atoms with E-state index in [1.54, 1.807) is 12.0 Å². The minimum Gasteiger partial charge on any atom is -0.493 e. The number of likely N-dealkylation sites (tertiary alicyclic amines) is 1. The number of hydrogen-bond donors (Lipinski definition) is 0. The number of rotatable bonds is 10. The lowest BCUT2D eigenvalue weighted by Gasteiger charge is -2.21. The van der Waals surface area contributed by atoms with Crippen molar-refractivity contribution < 1.29 is 19.0 Å². The second kappa shape index (κ2) is 10.5. The van der Waals surface area contributed by atoms with Gasteiger partial charge in [-0.1, -0.05) is 12.1 Å². The molecule has 2 atom stereocenters. The Kier molecular flexibility index (Phi) is 7.16. The highest BCUT2D eigenvalue weighted by molar-refractivity contribution is 5.99. The van der Waals surface area contributed by atoms with Crippen LogP contribution in [0.15, 0.2) is 42.5 Å². The molecule has 0 spiro atoms. The van der Waals surface area contributed by atoms with E-state index in [2.05, 4.69) is 36.0 Å². The molecule has 0 aromatic heterocycles. The standard InChI is InChI=1S/C28H37N3O4/c1-29(2)23-12-14-30(19-23)16-17-34-25-11-8-22(18-27(25)33-3)31-15-13-26(28(31)32)35-24-9-6-21(7-10-24)20-4-5-20/h6-11,18,20,23,26H,4-5,12-17,19H2,1-3H3/t23-,26+/m1/s1. The summed E-state index contributed by atoms with van der Waals surface area (Å²) in [5.74, 6) is 2.80. The molecular formula is C28H37N3O4. The van der Waals surface area contributed by atoms with Gasteiger partial charge in [0.05, 0.1) is 7.11 Å². The molecule has 1 amide bonds. The quantitative estimate of drug-likeness (QED) is 0.517. The van der Waals surface area contributed by atoms with Crippen molar-refractivity contribution >= 4 is 11.6 Å². The lowest BCUT2D eigenvalue weighted by atomic mass is 10.1.